The molecule has 1 aliphatic rings. The predicted molar refractivity (Wildman–Crippen MR) is 83.7 cm³/mol. The minimum absolute atomic E-state index is 0.138. The molecule has 1 amide bonds. The first-order chi connectivity index (χ1) is 11.1. The van der Waals surface area contributed by atoms with E-state index in [2.05, 4.69) is 10.3 Å². The van der Waals surface area contributed by atoms with E-state index in [0.29, 0.717) is 18.5 Å². The van der Waals surface area contributed by atoms with Gasteiger partial charge in [0.25, 0.3) is 5.91 Å². The largest absolute Gasteiger partial charge is 0.382 e. The third-order valence-electron chi connectivity index (χ3n) is 3.63. The smallest absolute Gasteiger partial charge is 0.270 e. The zero-order valence-electron chi connectivity index (χ0n) is 12.7. The van der Waals surface area contributed by atoms with Crippen molar-refractivity contribution in [2.75, 3.05) is 11.4 Å². The zero-order chi connectivity index (χ0) is 16.2. The number of aromatic nitrogens is 2. The molecule has 1 aromatic carbocycles. The predicted octanol–water partition coefficient (Wildman–Crippen LogP) is 2.11. The fourth-order valence-corrected chi connectivity index (χ4v) is 2.50. The number of piperidine rings is 1. The molecule has 0 radical (unpaired) electrons. The van der Waals surface area contributed by atoms with Gasteiger partial charge in [0.2, 0.25) is 6.10 Å². The standard InChI is InChI=1S/C16H17FN4O2/c1-20-11-14(10-18-20)21-7-3-6-15(16(21)22)23-19-9-12-4-2-5-13(17)8-12/h2,4-5,8-11,15H,3,6-7H2,1H3/b19-9+. The van der Waals surface area contributed by atoms with Gasteiger partial charge in [0.1, 0.15) is 5.82 Å². The third-order valence-corrected chi connectivity index (χ3v) is 3.63. The molecule has 23 heavy (non-hydrogen) atoms. The van der Waals surface area contributed by atoms with E-state index in [1.807, 2.05) is 0 Å². The van der Waals surface area contributed by atoms with Crippen LogP contribution in [-0.2, 0) is 16.7 Å². The number of rotatable bonds is 4. The lowest BCUT2D eigenvalue weighted by Gasteiger charge is -2.29. The van der Waals surface area contributed by atoms with Gasteiger partial charge in [-0.3, -0.25) is 9.48 Å². The summed E-state index contributed by atoms with van der Waals surface area (Å²) in [6.07, 6.45) is 5.64. The minimum atomic E-state index is -0.631. The Labute approximate surface area is 133 Å². The maximum atomic E-state index is 13.1. The van der Waals surface area contributed by atoms with Gasteiger partial charge in [-0.2, -0.15) is 5.10 Å². The number of carbonyl (C=O) groups excluding carboxylic acids is 1. The SMILES string of the molecule is Cn1cc(N2CCCC(O/N=C/c3cccc(F)c3)C2=O)cn1. The van der Waals surface area contributed by atoms with Crippen molar-refractivity contribution in [2.45, 2.75) is 18.9 Å². The van der Waals surface area contributed by atoms with E-state index >= 15 is 0 Å². The van der Waals surface area contributed by atoms with Gasteiger partial charge in [0.15, 0.2) is 0 Å². The molecule has 7 heteroatoms. The van der Waals surface area contributed by atoms with Crippen molar-refractivity contribution in [1.29, 1.82) is 0 Å². The van der Waals surface area contributed by atoms with Crippen LogP contribution in [0.1, 0.15) is 18.4 Å². The molecule has 1 saturated heterocycles. The van der Waals surface area contributed by atoms with Crippen LogP contribution in [-0.4, -0.2) is 34.6 Å². The average molecular weight is 316 g/mol. The van der Waals surface area contributed by atoms with E-state index in [0.717, 1.165) is 12.1 Å². The zero-order valence-corrected chi connectivity index (χ0v) is 12.7. The minimum Gasteiger partial charge on any atom is -0.382 e. The van der Waals surface area contributed by atoms with Crippen LogP contribution in [0.4, 0.5) is 10.1 Å². The van der Waals surface area contributed by atoms with Gasteiger partial charge in [-0.1, -0.05) is 17.3 Å². The van der Waals surface area contributed by atoms with E-state index in [1.165, 1.54) is 18.3 Å². The summed E-state index contributed by atoms with van der Waals surface area (Å²) in [6, 6.07) is 6.00. The number of amides is 1. The number of anilines is 1. The highest BCUT2D eigenvalue weighted by molar-refractivity contribution is 5.97. The molecule has 120 valence electrons. The van der Waals surface area contributed by atoms with Crippen LogP contribution in [0, 0.1) is 5.82 Å². The van der Waals surface area contributed by atoms with E-state index < -0.39 is 6.10 Å². The molecular weight excluding hydrogens is 299 g/mol. The summed E-state index contributed by atoms with van der Waals surface area (Å²) in [5, 5.41) is 7.91. The van der Waals surface area contributed by atoms with Crippen LogP contribution in [0.2, 0.25) is 0 Å². The fourth-order valence-electron chi connectivity index (χ4n) is 2.50. The summed E-state index contributed by atoms with van der Waals surface area (Å²) in [7, 11) is 1.80. The van der Waals surface area contributed by atoms with Gasteiger partial charge in [-0.15, -0.1) is 0 Å². The average Bonchev–Trinajstić information content (AvgIpc) is 2.95. The van der Waals surface area contributed by atoms with Gasteiger partial charge in [-0.05, 0) is 30.5 Å². The number of hydrogen-bond donors (Lipinski definition) is 0. The third kappa shape index (κ3) is 3.56. The molecule has 6 nitrogen and oxygen atoms in total. The van der Waals surface area contributed by atoms with E-state index in [1.54, 1.807) is 41.2 Å². The Balaban J connectivity index is 1.65. The van der Waals surface area contributed by atoms with E-state index in [9.17, 15) is 9.18 Å². The van der Waals surface area contributed by atoms with Crippen molar-refractivity contribution in [3.63, 3.8) is 0 Å². The molecule has 1 aliphatic heterocycles. The molecule has 1 unspecified atom stereocenters. The number of nitrogens with zero attached hydrogens (tertiary/aromatic N) is 4. The molecule has 1 atom stereocenters. The molecule has 0 aliphatic carbocycles. The summed E-state index contributed by atoms with van der Waals surface area (Å²) in [4.78, 5) is 19.4. The molecule has 0 N–H and O–H groups in total. The maximum absolute atomic E-state index is 13.1. The van der Waals surface area contributed by atoms with Crippen LogP contribution in [0.5, 0.6) is 0 Å². The Morgan fingerprint density at radius 3 is 3.09 bits per heavy atom. The first-order valence-electron chi connectivity index (χ1n) is 7.38. The van der Waals surface area contributed by atoms with Crippen LogP contribution in [0.25, 0.3) is 0 Å². The summed E-state index contributed by atoms with van der Waals surface area (Å²) in [6.45, 7) is 0.637. The topological polar surface area (TPSA) is 59.7 Å². The highest BCUT2D eigenvalue weighted by Gasteiger charge is 2.32. The molecule has 1 fully saturated rings. The van der Waals surface area contributed by atoms with Crippen molar-refractivity contribution in [2.24, 2.45) is 12.2 Å². The van der Waals surface area contributed by atoms with Crippen LogP contribution < -0.4 is 4.90 Å². The molecule has 1 aromatic heterocycles. The van der Waals surface area contributed by atoms with Crippen LogP contribution in [0.3, 0.4) is 0 Å². The number of benzene rings is 1. The normalized spacial score (nSPS) is 18.6. The molecule has 0 spiro atoms. The van der Waals surface area contributed by atoms with Crippen molar-refractivity contribution in [3.8, 4) is 0 Å². The van der Waals surface area contributed by atoms with Crippen molar-refractivity contribution in [1.82, 2.24) is 9.78 Å². The lowest BCUT2D eigenvalue weighted by Crippen LogP contribution is -2.44. The van der Waals surface area contributed by atoms with Gasteiger partial charge >= 0.3 is 0 Å². The van der Waals surface area contributed by atoms with Crippen molar-refractivity contribution in [3.05, 3.63) is 48.0 Å². The molecule has 2 aromatic rings. The highest BCUT2D eigenvalue weighted by Crippen LogP contribution is 2.22. The van der Waals surface area contributed by atoms with Gasteiger partial charge in [-0.25, -0.2) is 4.39 Å². The second kappa shape index (κ2) is 6.60. The summed E-state index contributed by atoms with van der Waals surface area (Å²) in [5.41, 5.74) is 1.33. The van der Waals surface area contributed by atoms with E-state index in [4.69, 9.17) is 4.84 Å². The summed E-state index contributed by atoms with van der Waals surface area (Å²) in [5.74, 6) is -0.480. The Hall–Kier alpha value is -2.70. The molecule has 2 heterocycles. The fraction of sp³-hybridized carbons (Fsp3) is 0.312. The second-order valence-electron chi connectivity index (χ2n) is 5.39. The lowest BCUT2D eigenvalue weighted by molar-refractivity contribution is -0.132. The quantitative estimate of drug-likeness (QED) is 0.641. The van der Waals surface area contributed by atoms with Crippen molar-refractivity contribution < 1.29 is 14.0 Å². The van der Waals surface area contributed by atoms with Gasteiger partial charge in [0, 0.05) is 19.8 Å². The van der Waals surface area contributed by atoms with Crippen LogP contribution >= 0.6 is 0 Å². The molecule has 0 saturated carbocycles. The van der Waals surface area contributed by atoms with Gasteiger partial charge < -0.3 is 9.74 Å². The molecular formula is C16H17FN4O2. The lowest BCUT2D eigenvalue weighted by atomic mass is 10.1. The Bertz CT molecular complexity index is 728. The first kappa shape index (κ1) is 15.2. The number of oxime groups is 1. The Morgan fingerprint density at radius 1 is 1.48 bits per heavy atom. The molecule has 3 rings (SSSR count). The number of halogens is 1. The summed E-state index contributed by atoms with van der Waals surface area (Å²) < 4.78 is 14.7. The Kier molecular flexibility index (Phi) is 4.36. The monoisotopic (exact) mass is 316 g/mol. The number of aryl methyl sites for hydroxylation is 1. The highest BCUT2D eigenvalue weighted by atomic mass is 19.1. The second-order valence-corrected chi connectivity index (χ2v) is 5.39. The number of hydrogen-bond acceptors (Lipinski definition) is 4. The Morgan fingerprint density at radius 2 is 2.35 bits per heavy atom. The van der Waals surface area contributed by atoms with Gasteiger partial charge in [0.05, 0.1) is 18.1 Å². The van der Waals surface area contributed by atoms with Crippen molar-refractivity contribution >= 4 is 17.8 Å². The molecule has 0 bridgehead atoms. The first-order valence-corrected chi connectivity index (χ1v) is 7.38. The number of carbonyl (C=O) groups is 1. The van der Waals surface area contributed by atoms with E-state index in [-0.39, 0.29) is 11.7 Å². The van der Waals surface area contributed by atoms with Crippen LogP contribution in [0.15, 0.2) is 41.8 Å². The maximum Gasteiger partial charge on any atom is 0.270 e. The summed E-state index contributed by atoms with van der Waals surface area (Å²) >= 11 is 0.